The molecule has 0 saturated carbocycles. The van der Waals surface area contributed by atoms with E-state index in [0.29, 0.717) is 6.54 Å². The summed E-state index contributed by atoms with van der Waals surface area (Å²) in [7, 11) is 0. The second kappa shape index (κ2) is 6.62. The topological polar surface area (TPSA) is 34.9 Å². The van der Waals surface area contributed by atoms with Crippen LogP contribution >= 0.6 is 11.8 Å². The maximum absolute atomic E-state index is 12.2. The fourth-order valence-corrected chi connectivity index (χ4v) is 2.96. The second-order valence-corrected chi connectivity index (χ2v) is 5.95. The highest BCUT2D eigenvalue weighted by molar-refractivity contribution is 7.99. The maximum atomic E-state index is 12.2. The molecule has 110 valence electrons. The van der Waals surface area contributed by atoms with Gasteiger partial charge >= 0.3 is 5.69 Å². The summed E-state index contributed by atoms with van der Waals surface area (Å²) < 4.78 is 1.64. The number of fused-ring (bicyclic) bond motifs is 1. The van der Waals surface area contributed by atoms with E-state index in [-0.39, 0.29) is 5.69 Å². The number of hydrogen-bond acceptors (Lipinski definition) is 3. The molecule has 0 aliphatic heterocycles. The fraction of sp³-hybridized carbons (Fsp3) is 0.111. The molecule has 2 aromatic carbocycles. The van der Waals surface area contributed by atoms with Crippen LogP contribution in [0.2, 0.25) is 0 Å². The van der Waals surface area contributed by atoms with Gasteiger partial charge in [0, 0.05) is 11.9 Å². The van der Waals surface area contributed by atoms with Gasteiger partial charge in [0.25, 0.3) is 0 Å². The first kappa shape index (κ1) is 14.6. The molecule has 1 heterocycles. The van der Waals surface area contributed by atoms with Crippen LogP contribution < -0.4 is 5.69 Å². The summed E-state index contributed by atoms with van der Waals surface area (Å²) in [6.07, 6.45) is 3.61. The van der Waals surface area contributed by atoms with Gasteiger partial charge in [-0.25, -0.2) is 4.79 Å². The standard InChI is InChI=1S/C18H16N2OS/c1-2-12-22-17-10-11-20(18(21)19-17)13-15-8-5-7-14-6-3-4-9-16(14)15/h2-11H,1,12-13H2. The molecule has 0 spiro atoms. The average molecular weight is 308 g/mol. The van der Waals surface area contributed by atoms with Crippen molar-refractivity contribution in [3.05, 3.63) is 83.4 Å². The highest BCUT2D eigenvalue weighted by atomic mass is 32.2. The maximum Gasteiger partial charge on any atom is 0.348 e. The van der Waals surface area contributed by atoms with Crippen molar-refractivity contribution in [1.82, 2.24) is 9.55 Å². The Labute approximate surface area is 133 Å². The van der Waals surface area contributed by atoms with Crippen molar-refractivity contribution >= 4 is 22.5 Å². The molecule has 3 aromatic rings. The number of rotatable bonds is 5. The number of aromatic nitrogens is 2. The van der Waals surface area contributed by atoms with Crippen LogP contribution in [0.25, 0.3) is 10.8 Å². The zero-order valence-corrected chi connectivity index (χ0v) is 12.9. The minimum atomic E-state index is -0.220. The van der Waals surface area contributed by atoms with E-state index >= 15 is 0 Å². The molecule has 0 fully saturated rings. The third-order valence-electron chi connectivity index (χ3n) is 3.42. The lowest BCUT2D eigenvalue weighted by Crippen LogP contribution is -2.23. The van der Waals surface area contributed by atoms with Gasteiger partial charge in [-0.05, 0) is 22.4 Å². The zero-order chi connectivity index (χ0) is 15.4. The van der Waals surface area contributed by atoms with Gasteiger partial charge in [0.1, 0.15) is 5.03 Å². The monoisotopic (exact) mass is 308 g/mol. The highest BCUT2D eigenvalue weighted by Gasteiger charge is 2.04. The van der Waals surface area contributed by atoms with Crippen LogP contribution in [0.5, 0.6) is 0 Å². The SMILES string of the molecule is C=CCSc1ccn(Cc2cccc3ccccc23)c(=O)n1. The summed E-state index contributed by atoms with van der Waals surface area (Å²) in [6, 6.07) is 16.2. The van der Waals surface area contributed by atoms with E-state index in [1.54, 1.807) is 10.6 Å². The summed E-state index contributed by atoms with van der Waals surface area (Å²) in [5, 5.41) is 3.08. The Morgan fingerprint density at radius 1 is 1.14 bits per heavy atom. The van der Waals surface area contributed by atoms with E-state index in [2.05, 4.69) is 35.8 Å². The largest absolute Gasteiger partial charge is 0.348 e. The summed E-state index contributed by atoms with van der Waals surface area (Å²) in [6.45, 7) is 4.20. The Kier molecular flexibility index (Phi) is 4.39. The fourth-order valence-electron chi connectivity index (χ4n) is 2.37. The first-order valence-corrected chi connectivity index (χ1v) is 8.04. The molecule has 0 saturated heterocycles. The Morgan fingerprint density at radius 2 is 1.95 bits per heavy atom. The first-order valence-electron chi connectivity index (χ1n) is 7.06. The number of benzene rings is 2. The van der Waals surface area contributed by atoms with Gasteiger partial charge < -0.3 is 0 Å². The van der Waals surface area contributed by atoms with Gasteiger partial charge in [-0.1, -0.05) is 48.5 Å². The molecule has 0 unspecified atom stereocenters. The van der Waals surface area contributed by atoms with E-state index in [4.69, 9.17) is 0 Å². The van der Waals surface area contributed by atoms with Crippen molar-refractivity contribution in [1.29, 1.82) is 0 Å². The van der Waals surface area contributed by atoms with Crippen LogP contribution in [0.15, 0.2) is 77.2 Å². The van der Waals surface area contributed by atoms with Gasteiger partial charge in [0.05, 0.1) is 6.54 Å². The van der Waals surface area contributed by atoms with Gasteiger partial charge in [0.15, 0.2) is 0 Å². The average Bonchev–Trinajstić information content (AvgIpc) is 2.55. The summed E-state index contributed by atoms with van der Waals surface area (Å²) in [5.41, 5.74) is 0.899. The Hall–Kier alpha value is -2.33. The van der Waals surface area contributed by atoms with Crippen LogP contribution in [-0.2, 0) is 6.54 Å². The van der Waals surface area contributed by atoms with Crippen molar-refractivity contribution < 1.29 is 0 Å². The minimum Gasteiger partial charge on any atom is -0.295 e. The molecular formula is C18H16N2OS. The lowest BCUT2D eigenvalue weighted by Gasteiger charge is -2.09. The van der Waals surface area contributed by atoms with E-state index in [9.17, 15) is 4.79 Å². The van der Waals surface area contributed by atoms with Crippen LogP contribution in [0.1, 0.15) is 5.56 Å². The van der Waals surface area contributed by atoms with Crippen molar-refractivity contribution in [2.45, 2.75) is 11.6 Å². The molecule has 4 heteroatoms. The van der Waals surface area contributed by atoms with E-state index in [0.717, 1.165) is 16.3 Å². The quantitative estimate of drug-likeness (QED) is 0.409. The smallest absolute Gasteiger partial charge is 0.295 e. The molecule has 0 aliphatic carbocycles. The number of nitrogens with zero attached hydrogens (tertiary/aromatic N) is 2. The third-order valence-corrected chi connectivity index (χ3v) is 4.34. The number of thioether (sulfide) groups is 1. The minimum absolute atomic E-state index is 0.220. The molecule has 3 nitrogen and oxygen atoms in total. The van der Waals surface area contributed by atoms with Crippen LogP contribution in [0.4, 0.5) is 0 Å². The van der Waals surface area contributed by atoms with Crippen LogP contribution in [-0.4, -0.2) is 15.3 Å². The summed E-state index contributed by atoms with van der Waals surface area (Å²) in [5.74, 6) is 0.750. The highest BCUT2D eigenvalue weighted by Crippen LogP contribution is 2.19. The van der Waals surface area contributed by atoms with Gasteiger partial charge in [-0.15, -0.1) is 18.3 Å². The Bertz CT molecular complexity index is 865. The van der Waals surface area contributed by atoms with E-state index < -0.39 is 0 Å². The van der Waals surface area contributed by atoms with Crippen molar-refractivity contribution in [2.24, 2.45) is 0 Å². The van der Waals surface area contributed by atoms with E-state index in [1.165, 1.54) is 22.5 Å². The van der Waals surface area contributed by atoms with Gasteiger partial charge in [-0.2, -0.15) is 4.98 Å². The molecule has 0 aliphatic rings. The van der Waals surface area contributed by atoms with Gasteiger partial charge in [-0.3, -0.25) is 4.57 Å². The van der Waals surface area contributed by atoms with Crippen molar-refractivity contribution in [3.8, 4) is 0 Å². The zero-order valence-electron chi connectivity index (χ0n) is 12.1. The Balaban J connectivity index is 1.92. The first-order chi connectivity index (χ1) is 10.8. The molecule has 1 aromatic heterocycles. The van der Waals surface area contributed by atoms with E-state index in [1.807, 2.05) is 30.5 Å². The van der Waals surface area contributed by atoms with Gasteiger partial charge in [0.2, 0.25) is 0 Å². The molecule has 22 heavy (non-hydrogen) atoms. The normalized spacial score (nSPS) is 10.7. The molecule has 0 atom stereocenters. The lowest BCUT2D eigenvalue weighted by molar-refractivity contribution is 0.712. The lowest BCUT2D eigenvalue weighted by atomic mass is 10.0. The Morgan fingerprint density at radius 3 is 2.77 bits per heavy atom. The molecule has 3 rings (SSSR count). The second-order valence-electron chi connectivity index (χ2n) is 4.91. The predicted molar refractivity (Wildman–Crippen MR) is 92.5 cm³/mol. The summed E-state index contributed by atoms with van der Waals surface area (Å²) >= 11 is 1.51. The van der Waals surface area contributed by atoms with Crippen LogP contribution in [0, 0.1) is 0 Å². The summed E-state index contributed by atoms with van der Waals surface area (Å²) in [4.78, 5) is 16.3. The molecule has 0 N–H and O–H groups in total. The van der Waals surface area contributed by atoms with Crippen LogP contribution in [0.3, 0.4) is 0 Å². The van der Waals surface area contributed by atoms with Crippen molar-refractivity contribution in [2.75, 3.05) is 5.75 Å². The molecule has 0 bridgehead atoms. The molecular weight excluding hydrogens is 292 g/mol. The van der Waals surface area contributed by atoms with Crippen molar-refractivity contribution in [3.63, 3.8) is 0 Å². The third kappa shape index (κ3) is 3.12. The molecule has 0 amide bonds. The predicted octanol–water partition coefficient (Wildman–Crippen LogP) is 3.72. The molecule has 0 radical (unpaired) electrons. The number of hydrogen-bond donors (Lipinski definition) is 0.